The SMILES string of the molecule is CC(CO)CCCC(C)C1CC(O)C2C3CCC4CC(O)CCC4(C)C3CCC12C. The molecule has 3 nitrogen and oxygen atoms in total. The monoisotopic (exact) mass is 420 g/mol. The van der Waals surface area contributed by atoms with Crippen molar-refractivity contribution in [3.8, 4) is 0 Å². The second kappa shape index (κ2) is 8.67. The van der Waals surface area contributed by atoms with Gasteiger partial charge in [-0.15, -0.1) is 0 Å². The molecule has 3 N–H and O–H groups in total. The summed E-state index contributed by atoms with van der Waals surface area (Å²) in [7, 11) is 0. The second-order valence-electron chi connectivity index (χ2n) is 12.7. The Bertz CT molecular complexity index is 593. The van der Waals surface area contributed by atoms with Crippen LogP contribution in [-0.4, -0.2) is 34.1 Å². The molecular formula is C27H48O3. The van der Waals surface area contributed by atoms with Gasteiger partial charge in [-0.2, -0.15) is 0 Å². The Morgan fingerprint density at radius 2 is 1.63 bits per heavy atom. The second-order valence-corrected chi connectivity index (χ2v) is 12.7. The molecule has 4 rings (SSSR count). The maximum absolute atomic E-state index is 11.3. The smallest absolute Gasteiger partial charge is 0.0579 e. The summed E-state index contributed by atoms with van der Waals surface area (Å²) >= 11 is 0. The van der Waals surface area contributed by atoms with Crippen LogP contribution in [0.15, 0.2) is 0 Å². The average molecular weight is 421 g/mol. The maximum atomic E-state index is 11.3. The molecule has 174 valence electrons. The van der Waals surface area contributed by atoms with E-state index in [1.165, 1.54) is 44.9 Å². The molecule has 0 aromatic rings. The van der Waals surface area contributed by atoms with Crippen molar-refractivity contribution in [2.45, 2.75) is 111 Å². The van der Waals surface area contributed by atoms with Gasteiger partial charge >= 0.3 is 0 Å². The molecule has 0 bridgehead atoms. The minimum atomic E-state index is -0.124. The highest BCUT2D eigenvalue weighted by Crippen LogP contribution is 2.68. The molecule has 0 spiro atoms. The summed E-state index contributed by atoms with van der Waals surface area (Å²) in [5, 5.41) is 30.9. The van der Waals surface area contributed by atoms with Crippen LogP contribution in [0, 0.1) is 52.3 Å². The van der Waals surface area contributed by atoms with Gasteiger partial charge in [0.15, 0.2) is 0 Å². The van der Waals surface area contributed by atoms with Crippen LogP contribution in [0.25, 0.3) is 0 Å². The molecule has 30 heavy (non-hydrogen) atoms. The molecule has 11 atom stereocenters. The predicted molar refractivity (Wildman–Crippen MR) is 122 cm³/mol. The van der Waals surface area contributed by atoms with Crippen LogP contribution >= 0.6 is 0 Å². The fourth-order valence-corrected chi connectivity index (χ4v) is 9.31. The van der Waals surface area contributed by atoms with Crippen LogP contribution in [0.3, 0.4) is 0 Å². The number of fused-ring (bicyclic) bond motifs is 5. The Kier molecular flexibility index (Phi) is 6.66. The first-order chi connectivity index (χ1) is 14.2. The molecular weight excluding hydrogens is 372 g/mol. The first-order valence-electron chi connectivity index (χ1n) is 13.2. The molecule has 0 heterocycles. The van der Waals surface area contributed by atoms with Crippen LogP contribution < -0.4 is 0 Å². The Balaban J connectivity index is 1.48. The molecule has 3 heteroatoms. The van der Waals surface area contributed by atoms with Gasteiger partial charge in [0, 0.05) is 6.61 Å². The molecule has 0 saturated heterocycles. The van der Waals surface area contributed by atoms with Crippen LogP contribution in [-0.2, 0) is 0 Å². The molecule has 4 aliphatic rings. The van der Waals surface area contributed by atoms with Crippen molar-refractivity contribution in [3.05, 3.63) is 0 Å². The summed E-state index contributed by atoms with van der Waals surface area (Å²) < 4.78 is 0. The highest BCUT2D eigenvalue weighted by Gasteiger charge is 2.63. The predicted octanol–water partition coefficient (Wildman–Crippen LogP) is 5.41. The molecule has 0 aliphatic heterocycles. The highest BCUT2D eigenvalue weighted by atomic mass is 16.3. The summed E-state index contributed by atoms with van der Waals surface area (Å²) in [6.45, 7) is 9.94. The summed E-state index contributed by atoms with van der Waals surface area (Å²) in [6.07, 6.45) is 12.7. The van der Waals surface area contributed by atoms with Gasteiger partial charge < -0.3 is 15.3 Å². The van der Waals surface area contributed by atoms with E-state index in [4.69, 9.17) is 0 Å². The fraction of sp³-hybridized carbons (Fsp3) is 1.00. The molecule has 4 aliphatic carbocycles. The molecule has 11 unspecified atom stereocenters. The van der Waals surface area contributed by atoms with E-state index >= 15 is 0 Å². The third kappa shape index (κ3) is 3.79. The zero-order valence-electron chi connectivity index (χ0n) is 20.0. The van der Waals surface area contributed by atoms with E-state index in [-0.39, 0.29) is 12.2 Å². The standard InChI is InChI=1S/C27H48O3/c1-17(16-28)6-5-7-18(2)23-15-24(30)25-21-9-8-19-14-20(29)10-12-26(19,3)22(21)11-13-27(23,25)4/h17-25,28-30H,5-16H2,1-4H3. The quantitative estimate of drug-likeness (QED) is 0.538. The maximum Gasteiger partial charge on any atom is 0.0579 e. The number of rotatable bonds is 6. The zero-order chi connectivity index (χ0) is 21.7. The molecule has 0 aromatic heterocycles. The lowest BCUT2D eigenvalue weighted by molar-refractivity contribution is -0.142. The van der Waals surface area contributed by atoms with Crippen molar-refractivity contribution in [1.82, 2.24) is 0 Å². The summed E-state index contributed by atoms with van der Waals surface area (Å²) in [4.78, 5) is 0. The lowest BCUT2D eigenvalue weighted by Gasteiger charge is -2.61. The normalized spacial score (nSPS) is 50.3. The van der Waals surface area contributed by atoms with Crippen LogP contribution in [0.4, 0.5) is 0 Å². The topological polar surface area (TPSA) is 60.7 Å². The van der Waals surface area contributed by atoms with Crippen molar-refractivity contribution in [3.63, 3.8) is 0 Å². The van der Waals surface area contributed by atoms with E-state index in [9.17, 15) is 15.3 Å². The highest BCUT2D eigenvalue weighted by molar-refractivity contribution is 5.12. The fourth-order valence-electron chi connectivity index (χ4n) is 9.31. The van der Waals surface area contributed by atoms with E-state index in [1.807, 2.05) is 0 Å². The Labute approximate surface area is 185 Å². The minimum absolute atomic E-state index is 0.0793. The third-order valence-corrected chi connectivity index (χ3v) is 11.0. The first-order valence-corrected chi connectivity index (χ1v) is 13.2. The number of aliphatic hydroxyl groups is 3. The van der Waals surface area contributed by atoms with Gasteiger partial charge in [-0.25, -0.2) is 0 Å². The van der Waals surface area contributed by atoms with Crippen molar-refractivity contribution in [2.24, 2.45) is 52.3 Å². The Hall–Kier alpha value is -0.120. The molecule has 4 saturated carbocycles. The Morgan fingerprint density at radius 3 is 2.37 bits per heavy atom. The van der Waals surface area contributed by atoms with E-state index in [0.29, 0.717) is 52.9 Å². The molecule has 0 radical (unpaired) electrons. The number of aliphatic hydroxyl groups excluding tert-OH is 3. The first kappa shape index (κ1) is 23.1. The van der Waals surface area contributed by atoms with Crippen LogP contribution in [0.2, 0.25) is 0 Å². The van der Waals surface area contributed by atoms with Crippen molar-refractivity contribution >= 4 is 0 Å². The third-order valence-electron chi connectivity index (χ3n) is 11.0. The van der Waals surface area contributed by atoms with Gasteiger partial charge in [-0.3, -0.25) is 0 Å². The van der Waals surface area contributed by atoms with Gasteiger partial charge in [-0.05, 0) is 110 Å². The lowest BCUT2D eigenvalue weighted by atomic mass is 9.44. The molecule has 0 aromatic carbocycles. The van der Waals surface area contributed by atoms with Gasteiger partial charge in [0.1, 0.15) is 0 Å². The van der Waals surface area contributed by atoms with Gasteiger partial charge in [-0.1, -0.05) is 40.5 Å². The lowest BCUT2D eigenvalue weighted by Crippen LogP contribution is -2.55. The van der Waals surface area contributed by atoms with Crippen LogP contribution in [0.1, 0.15) is 98.3 Å². The summed E-state index contributed by atoms with van der Waals surface area (Å²) in [6, 6.07) is 0. The van der Waals surface area contributed by atoms with E-state index in [0.717, 1.165) is 31.6 Å². The average Bonchev–Trinajstić information content (AvgIpc) is 2.99. The van der Waals surface area contributed by atoms with Gasteiger partial charge in [0.05, 0.1) is 12.2 Å². The van der Waals surface area contributed by atoms with E-state index in [2.05, 4.69) is 27.7 Å². The number of hydrogen-bond acceptors (Lipinski definition) is 3. The van der Waals surface area contributed by atoms with Gasteiger partial charge in [0.2, 0.25) is 0 Å². The largest absolute Gasteiger partial charge is 0.396 e. The van der Waals surface area contributed by atoms with Crippen molar-refractivity contribution in [1.29, 1.82) is 0 Å². The van der Waals surface area contributed by atoms with Crippen molar-refractivity contribution in [2.75, 3.05) is 6.61 Å². The summed E-state index contributed by atoms with van der Waals surface area (Å²) in [5.41, 5.74) is 0.674. The van der Waals surface area contributed by atoms with Crippen LogP contribution in [0.5, 0.6) is 0 Å². The summed E-state index contributed by atoms with van der Waals surface area (Å²) in [5.74, 6) is 4.31. The molecule has 0 amide bonds. The van der Waals surface area contributed by atoms with Crippen molar-refractivity contribution < 1.29 is 15.3 Å². The van der Waals surface area contributed by atoms with E-state index in [1.54, 1.807) is 0 Å². The Morgan fingerprint density at radius 1 is 0.900 bits per heavy atom. The van der Waals surface area contributed by atoms with Gasteiger partial charge in [0.25, 0.3) is 0 Å². The number of hydrogen-bond donors (Lipinski definition) is 3. The van der Waals surface area contributed by atoms with E-state index < -0.39 is 0 Å². The molecule has 4 fully saturated rings. The minimum Gasteiger partial charge on any atom is -0.396 e. The zero-order valence-corrected chi connectivity index (χ0v) is 20.0.